The standard InChI is InChI=1S/C19H20N2O4/c22-18(21-15-8-9-16-17(10-15)25-12-24-16)20-11-19(23,14-6-7-14)13-4-2-1-3-5-13/h1-5,8-10,14,23H,6-7,11-12H2,(H2,20,21,22)/t19-/m1/s1. The molecular formula is C19H20N2O4. The van der Waals surface area contributed by atoms with E-state index in [4.69, 9.17) is 9.47 Å². The molecule has 0 unspecified atom stereocenters. The zero-order valence-corrected chi connectivity index (χ0v) is 13.7. The van der Waals surface area contributed by atoms with Gasteiger partial charge >= 0.3 is 6.03 Å². The van der Waals surface area contributed by atoms with Gasteiger partial charge in [0.2, 0.25) is 6.79 Å². The summed E-state index contributed by atoms with van der Waals surface area (Å²) in [7, 11) is 0. The Morgan fingerprint density at radius 3 is 2.64 bits per heavy atom. The number of carbonyl (C=O) groups is 1. The number of carbonyl (C=O) groups excluding carboxylic acids is 1. The average molecular weight is 340 g/mol. The van der Waals surface area contributed by atoms with Crippen molar-refractivity contribution in [1.82, 2.24) is 5.32 Å². The van der Waals surface area contributed by atoms with Crippen molar-refractivity contribution in [1.29, 1.82) is 0 Å². The lowest BCUT2D eigenvalue weighted by atomic mass is 9.89. The molecule has 1 atom stereocenters. The summed E-state index contributed by atoms with van der Waals surface area (Å²) in [6.45, 7) is 0.356. The van der Waals surface area contributed by atoms with Crippen molar-refractivity contribution in [2.45, 2.75) is 18.4 Å². The molecule has 2 aliphatic rings. The number of benzene rings is 2. The van der Waals surface area contributed by atoms with Crippen LogP contribution >= 0.6 is 0 Å². The van der Waals surface area contributed by atoms with Crippen LogP contribution in [0.2, 0.25) is 0 Å². The second-order valence-corrected chi connectivity index (χ2v) is 6.44. The van der Waals surface area contributed by atoms with Crippen LogP contribution < -0.4 is 20.1 Å². The summed E-state index contributed by atoms with van der Waals surface area (Å²) in [4.78, 5) is 12.2. The van der Waals surface area contributed by atoms with Crippen molar-refractivity contribution in [2.75, 3.05) is 18.7 Å². The lowest BCUT2D eigenvalue weighted by Gasteiger charge is -2.29. The van der Waals surface area contributed by atoms with Crippen LogP contribution in [0.3, 0.4) is 0 Å². The van der Waals surface area contributed by atoms with E-state index in [0.29, 0.717) is 17.2 Å². The lowest BCUT2D eigenvalue weighted by Crippen LogP contribution is -2.43. The van der Waals surface area contributed by atoms with Crippen molar-refractivity contribution in [3.05, 3.63) is 54.1 Å². The maximum absolute atomic E-state index is 12.2. The third kappa shape index (κ3) is 3.25. The van der Waals surface area contributed by atoms with E-state index in [0.717, 1.165) is 18.4 Å². The highest BCUT2D eigenvalue weighted by Gasteiger charge is 2.45. The Balaban J connectivity index is 1.40. The van der Waals surface area contributed by atoms with Gasteiger partial charge in [0.1, 0.15) is 5.60 Å². The smallest absolute Gasteiger partial charge is 0.319 e. The second-order valence-electron chi connectivity index (χ2n) is 6.44. The molecule has 1 aliphatic heterocycles. The largest absolute Gasteiger partial charge is 0.454 e. The van der Waals surface area contributed by atoms with Gasteiger partial charge in [-0.15, -0.1) is 0 Å². The number of rotatable bonds is 5. The van der Waals surface area contributed by atoms with Gasteiger partial charge in [-0.3, -0.25) is 0 Å². The number of amides is 2. The number of ether oxygens (including phenoxy) is 2. The van der Waals surface area contributed by atoms with Gasteiger partial charge in [-0.2, -0.15) is 0 Å². The molecule has 6 heteroatoms. The molecule has 1 fully saturated rings. The molecule has 2 aromatic carbocycles. The quantitative estimate of drug-likeness (QED) is 0.782. The minimum absolute atomic E-state index is 0.165. The Labute approximate surface area is 145 Å². The van der Waals surface area contributed by atoms with Crippen molar-refractivity contribution in [3.63, 3.8) is 0 Å². The molecule has 3 N–H and O–H groups in total. The van der Waals surface area contributed by atoms with E-state index in [-0.39, 0.29) is 25.3 Å². The first kappa shape index (κ1) is 15.8. The molecule has 2 amide bonds. The lowest BCUT2D eigenvalue weighted by molar-refractivity contribution is 0.0164. The van der Waals surface area contributed by atoms with Crippen LogP contribution in [-0.2, 0) is 5.60 Å². The van der Waals surface area contributed by atoms with Gasteiger partial charge in [0.05, 0.1) is 6.54 Å². The average Bonchev–Trinajstić information content (AvgIpc) is 3.39. The summed E-state index contributed by atoms with van der Waals surface area (Å²) >= 11 is 0. The van der Waals surface area contributed by atoms with E-state index >= 15 is 0 Å². The van der Waals surface area contributed by atoms with Crippen LogP contribution in [0.25, 0.3) is 0 Å². The Morgan fingerprint density at radius 1 is 1.12 bits per heavy atom. The third-order valence-corrected chi connectivity index (χ3v) is 4.68. The molecule has 2 aromatic rings. The molecule has 130 valence electrons. The molecular weight excluding hydrogens is 320 g/mol. The summed E-state index contributed by atoms with van der Waals surface area (Å²) in [5.74, 6) is 1.45. The molecule has 0 saturated heterocycles. The molecule has 25 heavy (non-hydrogen) atoms. The first-order valence-electron chi connectivity index (χ1n) is 8.37. The predicted molar refractivity (Wildman–Crippen MR) is 92.6 cm³/mol. The highest BCUT2D eigenvalue weighted by Crippen LogP contribution is 2.45. The molecule has 1 saturated carbocycles. The van der Waals surface area contributed by atoms with Crippen LogP contribution in [0.1, 0.15) is 18.4 Å². The van der Waals surface area contributed by atoms with Crippen molar-refractivity contribution < 1.29 is 19.4 Å². The van der Waals surface area contributed by atoms with Crippen molar-refractivity contribution >= 4 is 11.7 Å². The fraction of sp³-hybridized carbons (Fsp3) is 0.316. The van der Waals surface area contributed by atoms with Crippen LogP contribution in [-0.4, -0.2) is 24.5 Å². The monoisotopic (exact) mass is 340 g/mol. The minimum Gasteiger partial charge on any atom is -0.454 e. The van der Waals surface area contributed by atoms with Gasteiger partial charge < -0.3 is 25.2 Å². The molecule has 0 bridgehead atoms. The summed E-state index contributed by atoms with van der Waals surface area (Å²) < 4.78 is 10.5. The first-order valence-corrected chi connectivity index (χ1v) is 8.37. The topological polar surface area (TPSA) is 79.8 Å². The van der Waals surface area contributed by atoms with Crippen LogP contribution in [0.15, 0.2) is 48.5 Å². The molecule has 0 radical (unpaired) electrons. The van der Waals surface area contributed by atoms with Crippen LogP contribution in [0.5, 0.6) is 11.5 Å². The maximum atomic E-state index is 12.2. The summed E-state index contributed by atoms with van der Waals surface area (Å²) in [6, 6.07) is 14.4. The molecule has 6 nitrogen and oxygen atoms in total. The summed E-state index contributed by atoms with van der Waals surface area (Å²) in [6.07, 6.45) is 1.94. The third-order valence-electron chi connectivity index (χ3n) is 4.68. The number of hydrogen-bond acceptors (Lipinski definition) is 4. The zero-order chi connectivity index (χ0) is 17.3. The van der Waals surface area contributed by atoms with E-state index < -0.39 is 5.60 Å². The number of fused-ring (bicyclic) bond motifs is 1. The van der Waals surface area contributed by atoms with Crippen molar-refractivity contribution in [2.24, 2.45) is 5.92 Å². The highest BCUT2D eigenvalue weighted by atomic mass is 16.7. The normalized spacial score (nSPS) is 17.6. The first-order chi connectivity index (χ1) is 12.1. The highest BCUT2D eigenvalue weighted by molar-refractivity contribution is 5.89. The Hall–Kier alpha value is -2.73. The van der Waals surface area contributed by atoms with E-state index in [1.54, 1.807) is 18.2 Å². The number of aliphatic hydroxyl groups is 1. The van der Waals surface area contributed by atoms with Gasteiger partial charge in [0, 0.05) is 11.8 Å². The van der Waals surface area contributed by atoms with E-state index in [1.807, 2.05) is 30.3 Å². The fourth-order valence-corrected chi connectivity index (χ4v) is 3.13. The van der Waals surface area contributed by atoms with E-state index in [2.05, 4.69) is 10.6 Å². The van der Waals surface area contributed by atoms with Crippen molar-refractivity contribution in [3.8, 4) is 11.5 Å². The molecule has 1 aliphatic carbocycles. The molecule has 0 spiro atoms. The fourth-order valence-electron chi connectivity index (χ4n) is 3.13. The van der Waals surface area contributed by atoms with E-state index in [9.17, 15) is 9.90 Å². The SMILES string of the molecule is O=C(NC[C@@](O)(c1ccccc1)C1CC1)Nc1ccc2c(c1)OCO2. The van der Waals surface area contributed by atoms with E-state index in [1.165, 1.54) is 0 Å². The number of nitrogens with one attached hydrogen (secondary N) is 2. The second kappa shape index (κ2) is 6.29. The molecule has 0 aromatic heterocycles. The Morgan fingerprint density at radius 2 is 1.88 bits per heavy atom. The Kier molecular flexibility index (Phi) is 3.97. The van der Waals surface area contributed by atoms with Gasteiger partial charge in [-0.1, -0.05) is 30.3 Å². The predicted octanol–water partition coefficient (Wildman–Crippen LogP) is 2.83. The number of hydrogen-bond donors (Lipinski definition) is 3. The number of urea groups is 1. The summed E-state index contributed by atoms with van der Waals surface area (Å²) in [5.41, 5.74) is 0.408. The van der Waals surface area contributed by atoms with Gasteiger partial charge in [0.15, 0.2) is 11.5 Å². The van der Waals surface area contributed by atoms with Crippen LogP contribution in [0, 0.1) is 5.92 Å². The summed E-state index contributed by atoms with van der Waals surface area (Å²) in [5, 5.41) is 16.6. The van der Waals surface area contributed by atoms with Gasteiger partial charge in [-0.25, -0.2) is 4.79 Å². The van der Waals surface area contributed by atoms with Crippen LogP contribution in [0.4, 0.5) is 10.5 Å². The molecule has 1 heterocycles. The number of anilines is 1. The molecule has 4 rings (SSSR count). The Bertz CT molecular complexity index is 776. The zero-order valence-electron chi connectivity index (χ0n) is 13.7. The minimum atomic E-state index is -1.03. The van der Waals surface area contributed by atoms with Gasteiger partial charge in [-0.05, 0) is 36.5 Å². The maximum Gasteiger partial charge on any atom is 0.319 e. The van der Waals surface area contributed by atoms with Gasteiger partial charge in [0.25, 0.3) is 0 Å².